The molecule has 1 heterocycles. The number of ether oxygens (including phenoxy) is 1. The second kappa shape index (κ2) is 5.36. The molecule has 1 aromatic carbocycles. The highest BCUT2D eigenvalue weighted by atomic mass is 79.9. The zero-order valence-electron chi connectivity index (χ0n) is 9.20. The van der Waals surface area contributed by atoms with E-state index in [-0.39, 0.29) is 17.9 Å². The highest BCUT2D eigenvalue weighted by Gasteiger charge is 2.11. The molecule has 0 bridgehead atoms. The number of methoxy groups -OCH3 is 1. The van der Waals surface area contributed by atoms with Crippen LogP contribution in [-0.4, -0.2) is 28.2 Å². The summed E-state index contributed by atoms with van der Waals surface area (Å²) in [7, 11) is 1.43. The number of halogens is 2. The van der Waals surface area contributed by atoms with Crippen LogP contribution in [0.25, 0.3) is 0 Å². The van der Waals surface area contributed by atoms with Gasteiger partial charge < -0.3 is 4.74 Å². The number of aromatic amines is 1. The number of H-pyrrole nitrogens is 1. The van der Waals surface area contributed by atoms with Gasteiger partial charge in [0.15, 0.2) is 0 Å². The van der Waals surface area contributed by atoms with E-state index in [1.165, 1.54) is 7.11 Å². The second-order valence-corrected chi connectivity index (χ2v) is 4.52. The Morgan fingerprint density at radius 2 is 2.33 bits per heavy atom. The van der Waals surface area contributed by atoms with Crippen LogP contribution < -0.4 is 10.1 Å². The summed E-state index contributed by atoms with van der Waals surface area (Å²) in [5.41, 5.74) is 0.415. The van der Waals surface area contributed by atoms with Crippen LogP contribution in [0.4, 0.5) is 5.95 Å². The zero-order chi connectivity index (χ0) is 13.1. The number of benzene rings is 1. The monoisotopic (exact) mass is 330 g/mol. The lowest BCUT2D eigenvalue weighted by Crippen LogP contribution is -2.12. The summed E-state index contributed by atoms with van der Waals surface area (Å²) in [5, 5.41) is 9.22. The van der Waals surface area contributed by atoms with Crippen molar-refractivity contribution in [1.82, 2.24) is 15.2 Å². The molecule has 8 heteroatoms. The van der Waals surface area contributed by atoms with Crippen LogP contribution in [0.2, 0.25) is 5.02 Å². The number of aromatic nitrogens is 3. The number of nitrogens with one attached hydrogen (secondary N) is 2. The van der Waals surface area contributed by atoms with Gasteiger partial charge in [-0.1, -0.05) is 11.6 Å². The van der Waals surface area contributed by atoms with E-state index in [0.717, 1.165) is 4.47 Å². The maximum Gasteiger partial charge on any atom is 0.336 e. The van der Waals surface area contributed by atoms with Gasteiger partial charge in [0.05, 0.1) is 12.1 Å². The molecule has 0 aliphatic heterocycles. The molecule has 0 saturated heterocycles. The maximum absolute atomic E-state index is 11.9. The highest BCUT2D eigenvalue weighted by Crippen LogP contribution is 2.23. The van der Waals surface area contributed by atoms with Gasteiger partial charge in [0, 0.05) is 10.0 Å². The molecule has 0 aliphatic carbocycles. The minimum absolute atomic E-state index is 0.152. The Balaban J connectivity index is 2.14. The minimum atomic E-state index is -0.344. The summed E-state index contributed by atoms with van der Waals surface area (Å²) >= 11 is 9.15. The molecule has 2 N–H and O–H groups in total. The first-order chi connectivity index (χ1) is 8.60. The number of hydrogen-bond donors (Lipinski definition) is 2. The van der Waals surface area contributed by atoms with Crippen LogP contribution in [0, 0.1) is 0 Å². The Morgan fingerprint density at radius 1 is 1.56 bits per heavy atom. The Hall–Kier alpha value is -1.60. The van der Waals surface area contributed by atoms with Crippen molar-refractivity contribution in [2.24, 2.45) is 0 Å². The largest absolute Gasteiger partial charge is 0.466 e. The fraction of sp³-hybridized carbons (Fsp3) is 0.100. The Morgan fingerprint density at radius 3 is 2.94 bits per heavy atom. The number of carbonyl (C=O) groups is 1. The maximum atomic E-state index is 11.9. The summed E-state index contributed by atoms with van der Waals surface area (Å²) in [6.45, 7) is 0. The molecule has 1 aromatic heterocycles. The molecule has 0 saturated carbocycles. The third-order valence-electron chi connectivity index (χ3n) is 2.06. The third-order valence-corrected chi connectivity index (χ3v) is 3.29. The molecular weight excluding hydrogens is 323 g/mol. The molecule has 2 aromatic rings. The van der Waals surface area contributed by atoms with Crippen LogP contribution in [0.15, 0.2) is 22.7 Å². The van der Waals surface area contributed by atoms with E-state index >= 15 is 0 Å². The lowest BCUT2D eigenvalue weighted by molar-refractivity contribution is 0.102. The van der Waals surface area contributed by atoms with Crippen molar-refractivity contribution in [2.75, 3.05) is 12.4 Å². The molecule has 1 amide bonds. The number of anilines is 1. The summed E-state index contributed by atoms with van der Waals surface area (Å²) in [6, 6.07) is 5.03. The van der Waals surface area contributed by atoms with Crippen molar-refractivity contribution >= 4 is 39.4 Å². The zero-order valence-corrected chi connectivity index (χ0v) is 11.5. The molecule has 94 valence electrons. The molecule has 0 atom stereocenters. The third kappa shape index (κ3) is 2.80. The van der Waals surface area contributed by atoms with Crippen LogP contribution in [-0.2, 0) is 0 Å². The van der Waals surface area contributed by atoms with E-state index in [1.807, 2.05) is 0 Å². The quantitative estimate of drug-likeness (QED) is 0.905. The van der Waals surface area contributed by atoms with Crippen molar-refractivity contribution in [2.45, 2.75) is 0 Å². The summed E-state index contributed by atoms with van der Waals surface area (Å²) in [5.74, 6) is -0.140. The number of carbonyl (C=O) groups excluding carboxylic acids is 1. The van der Waals surface area contributed by atoms with Gasteiger partial charge in [-0.25, -0.2) is 5.10 Å². The molecule has 18 heavy (non-hydrogen) atoms. The van der Waals surface area contributed by atoms with Crippen molar-refractivity contribution in [3.63, 3.8) is 0 Å². The van der Waals surface area contributed by atoms with E-state index in [9.17, 15) is 4.79 Å². The standard InChI is InChI=1S/C10H8BrClN4O2/c1-18-10-14-9(15-16-10)13-8(17)5-2-3-6(11)7(12)4-5/h2-4H,1H3,(H2,13,14,15,16,17). The molecule has 0 radical (unpaired) electrons. The van der Waals surface area contributed by atoms with E-state index in [2.05, 4.69) is 36.4 Å². The Bertz CT molecular complexity index is 587. The summed E-state index contributed by atoms with van der Waals surface area (Å²) in [4.78, 5) is 15.7. The van der Waals surface area contributed by atoms with Crippen molar-refractivity contribution in [3.8, 4) is 6.01 Å². The lowest BCUT2D eigenvalue weighted by Gasteiger charge is -2.02. The minimum Gasteiger partial charge on any atom is -0.466 e. The molecule has 0 spiro atoms. The lowest BCUT2D eigenvalue weighted by atomic mass is 10.2. The molecule has 6 nitrogen and oxygen atoms in total. The highest BCUT2D eigenvalue weighted by molar-refractivity contribution is 9.10. The van der Waals surface area contributed by atoms with Gasteiger partial charge in [0.25, 0.3) is 5.91 Å². The molecular formula is C10H8BrClN4O2. The number of amides is 1. The average molecular weight is 332 g/mol. The van der Waals surface area contributed by atoms with Crippen LogP contribution in [0.3, 0.4) is 0 Å². The van der Waals surface area contributed by atoms with Gasteiger partial charge in [0.2, 0.25) is 5.95 Å². The van der Waals surface area contributed by atoms with Crippen molar-refractivity contribution < 1.29 is 9.53 Å². The number of nitrogens with zero attached hydrogens (tertiary/aromatic N) is 2. The van der Waals surface area contributed by atoms with Gasteiger partial charge in [-0.3, -0.25) is 10.1 Å². The average Bonchev–Trinajstić information content (AvgIpc) is 2.80. The predicted molar refractivity (Wildman–Crippen MR) is 70.0 cm³/mol. The van der Waals surface area contributed by atoms with Gasteiger partial charge in [0.1, 0.15) is 0 Å². The summed E-state index contributed by atoms with van der Waals surface area (Å²) in [6.07, 6.45) is 0. The number of hydrogen-bond acceptors (Lipinski definition) is 4. The van der Waals surface area contributed by atoms with E-state index < -0.39 is 0 Å². The summed E-state index contributed by atoms with van der Waals surface area (Å²) < 4.78 is 5.51. The fourth-order valence-corrected chi connectivity index (χ4v) is 1.64. The van der Waals surface area contributed by atoms with Crippen LogP contribution in [0.5, 0.6) is 6.01 Å². The predicted octanol–water partition coefficient (Wildman–Crippen LogP) is 2.48. The Labute approximate surface area is 116 Å². The molecule has 0 unspecified atom stereocenters. The smallest absolute Gasteiger partial charge is 0.336 e. The SMILES string of the molecule is COc1n[nH]c(NC(=O)c2ccc(Br)c(Cl)c2)n1. The van der Waals surface area contributed by atoms with E-state index in [1.54, 1.807) is 18.2 Å². The van der Waals surface area contributed by atoms with Gasteiger partial charge in [-0.15, -0.1) is 5.10 Å². The fourth-order valence-electron chi connectivity index (χ4n) is 1.21. The van der Waals surface area contributed by atoms with Gasteiger partial charge in [-0.2, -0.15) is 4.98 Å². The van der Waals surface area contributed by atoms with E-state index in [0.29, 0.717) is 10.6 Å². The first-order valence-electron chi connectivity index (χ1n) is 4.83. The molecule has 0 fully saturated rings. The molecule has 2 rings (SSSR count). The van der Waals surface area contributed by atoms with Gasteiger partial charge >= 0.3 is 6.01 Å². The molecule has 0 aliphatic rings. The second-order valence-electron chi connectivity index (χ2n) is 3.25. The Kier molecular flexibility index (Phi) is 3.83. The van der Waals surface area contributed by atoms with Gasteiger partial charge in [-0.05, 0) is 34.1 Å². The van der Waals surface area contributed by atoms with Crippen molar-refractivity contribution in [3.05, 3.63) is 33.3 Å². The topological polar surface area (TPSA) is 79.9 Å². The van der Waals surface area contributed by atoms with E-state index in [4.69, 9.17) is 16.3 Å². The first-order valence-corrected chi connectivity index (χ1v) is 6.00. The number of rotatable bonds is 3. The first kappa shape index (κ1) is 12.8. The normalized spacial score (nSPS) is 10.2. The van der Waals surface area contributed by atoms with Crippen LogP contribution >= 0.6 is 27.5 Å². The van der Waals surface area contributed by atoms with Crippen LogP contribution in [0.1, 0.15) is 10.4 Å². The van der Waals surface area contributed by atoms with Crippen molar-refractivity contribution in [1.29, 1.82) is 0 Å².